The van der Waals surface area contributed by atoms with Crippen LogP contribution in [0.4, 0.5) is 10.7 Å². The van der Waals surface area contributed by atoms with Crippen molar-refractivity contribution in [1.82, 2.24) is 19.4 Å². The summed E-state index contributed by atoms with van der Waals surface area (Å²) in [7, 11) is 0. The standard InChI is InChI=1S/C24H29N4O2/c1-3-27(14-16-29)24(30)28(15-6-7-18(28)2)23-25-13-12-22(26-23)21-11-10-19-8-4-5-9-20(19)17-21/h4-5,8-13,17-18,29H,3,6-7,14-16H2,1-2H3/q+1/t18-,28?/m1/s1. The van der Waals surface area contributed by atoms with Crippen LogP contribution in [-0.2, 0) is 0 Å². The van der Waals surface area contributed by atoms with Gasteiger partial charge in [-0.2, -0.15) is 14.5 Å². The van der Waals surface area contributed by atoms with E-state index >= 15 is 0 Å². The third-order valence-electron chi connectivity index (χ3n) is 6.29. The van der Waals surface area contributed by atoms with Gasteiger partial charge in [0.1, 0.15) is 6.04 Å². The van der Waals surface area contributed by atoms with Crippen LogP contribution in [0.1, 0.15) is 26.7 Å². The number of likely N-dealkylation sites (N-methyl/N-ethyl adjacent to an activating group) is 1. The van der Waals surface area contributed by atoms with E-state index in [2.05, 4.69) is 42.2 Å². The van der Waals surface area contributed by atoms with Crippen LogP contribution in [0.25, 0.3) is 22.0 Å². The molecule has 1 aliphatic heterocycles. The smallest absolute Gasteiger partial charge is 0.395 e. The Morgan fingerprint density at radius 2 is 2.00 bits per heavy atom. The molecule has 1 aromatic heterocycles. The molecule has 3 aromatic rings. The molecule has 1 N–H and O–H groups in total. The molecule has 156 valence electrons. The average Bonchev–Trinajstić information content (AvgIpc) is 3.19. The SMILES string of the molecule is CCN(CCO)C(=O)[N+]1(c2nccc(-c3ccc4ccccc4c3)n2)CCC[C@H]1C. The van der Waals surface area contributed by atoms with E-state index in [0.29, 0.717) is 25.6 Å². The van der Waals surface area contributed by atoms with Crippen molar-refractivity contribution in [3.63, 3.8) is 0 Å². The molecule has 2 amide bonds. The first kappa shape index (κ1) is 20.4. The molecular weight excluding hydrogens is 376 g/mol. The van der Waals surface area contributed by atoms with Gasteiger partial charge in [0, 0.05) is 37.7 Å². The van der Waals surface area contributed by atoms with Crippen LogP contribution in [-0.4, -0.2) is 58.3 Å². The second-order valence-electron chi connectivity index (χ2n) is 7.97. The van der Waals surface area contributed by atoms with Crippen LogP contribution in [0.2, 0.25) is 0 Å². The Morgan fingerprint density at radius 1 is 1.20 bits per heavy atom. The second-order valence-corrected chi connectivity index (χ2v) is 7.97. The summed E-state index contributed by atoms with van der Waals surface area (Å²) in [5, 5.41) is 11.8. The van der Waals surface area contributed by atoms with Crippen molar-refractivity contribution >= 4 is 22.8 Å². The van der Waals surface area contributed by atoms with Gasteiger partial charge < -0.3 is 5.11 Å². The number of aliphatic hydroxyl groups excluding tert-OH is 1. The molecule has 0 radical (unpaired) electrons. The summed E-state index contributed by atoms with van der Waals surface area (Å²) in [6.45, 7) is 5.55. The number of carbonyl (C=O) groups excluding carboxylic acids is 1. The van der Waals surface area contributed by atoms with Crippen molar-refractivity contribution in [2.75, 3.05) is 26.2 Å². The molecule has 4 rings (SSSR count). The Kier molecular flexibility index (Phi) is 5.79. The zero-order valence-corrected chi connectivity index (χ0v) is 17.7. The quantitative estimate of drug-likeness (QED) is 0.646. The van der Waals surface area contributed by atoms with Crippen molar-refractivity contribution in [3.05, 3.63) is 54.7 Å². The lowest BCUT2D eigenvalue weighted by molar-refractivity contribution is 0.138. The van der Waals surface area contributed by atoms with E-state index in [1.807, 2.05) is 25.1 Å². The number of hydrogen-bond acceptors (Lipinski definition) is 4. The van der Waals surface area contributed by atoms with Crippen molar-refractivity contribution in [1.29, 1.82) is 0 Å². The van der Waals surface area contributed by atoms with Crippen LogP contribution >= 0.6 is 0 Å². The van der Waals surface area contributed by atoms with Crippen LogP contribution in [0, 0.1) is 0 Å². The highest BCUT2D eigenvalue weighted by atomic mass is 16.3. The van der Waals surface area contributed by atoms with Crippen LogP contribution in [0.3, 0.4) is 0 Å². The van der Waals surface area contributed by atoms with E-state index in [-0.39, 0.29) is 23.2 Å². The summed E-state index contributed by atoms with van der Waals surface area (Å²) in [6, 6.07) is 16.5. The fourth-order valence-corrected chi connectivity index (χ4v) is 4.56. The van der Waals surface area contributed by atoms with Gasteiger partial charge in [-0.1, -0.05) is 36.4 Å². The second kappa shape index (κ2) is 8.50. The Labute approximate surface area is 177 Å². The van der Waals surface area contributed by atoms with Crippen LogP contribution in [0.5, 0.6) is 0 Å². The van der Waals surface area contributed by atoms with E-state index in [9.17, 15) is 9.90 Å². The molecule has 1 fully saturated rings. The molecular formula is C24H29N4O2+. The minimum Gasteiger partial charge on any atom is -0.395 e. The van der Waals surface area contributed by atoms with Gasteiger partial charge in [-0.3, -0.25) is 4.90 Å². The summed E-state index contributed by atoms with van der Waals surface area (Å²) >= 11 is 0. The van der Waals surface area contributed by atoms with E-state index < -0.39 is 0 Å². The zero-order valence-electron chi connectivity index (χ0n) is 17.7. The number of rotatable bonds is 5. The van der Waals surface area contributed by atoms with E-state index in [4.69, 9.17) is 4.98 Å². The maximum absolute atomic E-state index is 13.6. The van der Waals surface area contributed by atoms with Crippen molar-refractivity contribution < 1.29 is 9.90 Å². The largest absolute Gasteiger partial charge is 0.427 e. The van der Waals surface area contributed by atoms with Crippen molar-refractivity contribution in [2.24, 2.45) is 0 Å². The van der Waals surface area contributed by atoms with Gasteiger partial charge in [0.2, 0.25) is 0 Å². The average molecular weight is 406 g/mol. The van der Waals surface area contributed by atoms with Gasteiger partial charge in [-0.15, -0.1) is 0 Å². The Hall–Kier alpha value is -2.83. The summed E-state index contributed by atoms with van der Waals surface area (Å²) in [6.07, 6.45) is 3.66. The van der Waals surface area contributed by atoms with Gasteiger partial charge in [0.05, 0.1) is 18.8 Å². The first-order chi connectivity index (χ1) is 14.6. The highest BCUT2D eigenvalue weighted by Gasteiger charge is 2.52. The highest BCUT2D eigenvalue weighted by molar-refractivity contribution is 5.88. The number of fused-ring (bicyclic) bond motifs is 1. The fraction of sp³-hybridized carbons (Fsp3) is 0.375. The van der Waals surface area contributed by atoms with E-state index in [0.717, 1.165) is 29.5 Å². The number of nitrogens with zero attached hydrogens (tertiary/aromatic N) is 4. The number of likely N-dealkylation sites (tertiary alicyclic amines) is 1. The number of aliphatic hydroxyl groups is 1. The summed E-state index contributed by atoms with van der Waals surface area (Å²) in [5.41, 5.74) is 1.83. The molecule has 1 unspecified atom stereocenters. The van der Waals surface area contributed by atoms with E-state index in [1.165, 1.54) is 5.39 Å². The Morgan fingerprint density at radius 3 is 2.70 bits per heavy atom. The van der Waals surface area contributed by atoms with Gasteiger partial charge >= 0.3 is 12.0 Å². The third kappa shape index (κ3) is 3.46. The molecule has 0 saturated carbocycles. The van der Waals surface area contributed by atoms with Crippen LogP contribution < -0.4 is 4.48 Å². The van der Waals surface area contributed by atoms with Crippen molar-refractivity contribution in [2.45, 2.75) is 32.7 Å². The zero-order chi connectivity index (χ0) is 21.1. The predicted molar refractivity (Wildman–Crippen MR) is 120 cm³/mol. The first-order valence-electron chi connectivity index (χ1n) is 10.7. The minimum absolute atomic E-state index is 0.0211. The lowest BCUT2D eigenvalue weighted by atomic mass is 10.1. The van der Waals surface area contributed by atoms with Gasteiger partial charge in [0.25, 0.3) is 0 Å². The molecule has 30 heavy (non-hydrogen) atoms. The predicted octanol–water partition coefficient (Wildman–Crippen LogP) is 4.22. The molecule has 6 nitrogen and oxygen atoms in total. The lowest BCUT2D eigenvalue weighted by Crippen LogP contribution is -2.62. The monoisotopic (exact) mass is 405 g/mol. The van der Waals surface area contributed by atoms with Gasteiger partial charge in [0.15, 0.2) is 0 Å². The molecule has 1 aliphatic rings. The number of amides is 2. The third-order valence-corrected chi connectivity index (χ3v) is 6.29. The molecule has 2 heterocycles. The van der Waals surface area contributed by atoms with Gasteiger partial charge in [-0.25, -0.2) is 4.79 Å². The molecule has 2 aromatic carbocycles. The number of hydrogen-bond donors (Lipinski definition) is 1. The maximum Gasteiger partial charge on any atom is 0.427 e. The number of carbonyl (C=O) groups is 1. The summed E-state index contributed by atoms with van der Waals surface area (Å²) < 4.78 is 0.120. The Balaban J connectivity index is 1.78. The number of benzene rings is 2. The van der Waals surface area contributed by atoms with E-state index in [1.54, 1.807) is 11.1 Å². The van der Waals surface area contributed by atoms with Crippen LogP contribution in [0.15, 0.2) is 54.7 Å². The molecule has 0 bridgehead atoms. The lowest BCUT2D eigenvalue weighted by Gasteiger charge is -2.36. The van der Waals surface area contributed by atoms with Gasteiger partial charge in [-0.05, 0) is 36.8 Å². The molecule has 2 atom stereocenters. The number of aromatic nitrogens is 2. The Bertz CT molecular complexity index is 1050. The minimum atomic E-state index is -0.0497. The summed E-state index contributed by atoms with van der Waals surface area (Å²) in [5.74, 6) is 0.548. The maximum atomic E-state index is 13.6. The fourth-order valence-electron chi connectivity index (χ4n) is 4.56. The summed E-state index contributed by atoms with van der Waals surface area (Å²) in [4.78, 5) is 24.8. The normalized spacial score (nSPS) is 21.1. The molecule has 1 saturated heterocycles. The first-order valence-corrected chi connectivity index (χ1v) is 10.7. The number of urea groups is 1. The molecule has 0 aliphatic carbocycles. The number of quaternary nitrogens is 1. The topological polar surface area (TPSA) is 66.3 Å². The molecule has 0 spiro atoms. The van der Waals surface area contributed by atoms with Crippen molar-refractivity contribution in [3.8, 4) is 11.3 Å². The molecule has 6 heteroatoms. The highest BCUT2D eigenvalue weighted by Crippen LogP contribution is 2.35.